The summed E-state index contributed by atoms with van der Waals surface area (Å²) in [5.41, 5.74) is 4.31. The van der Waals surface area contributed by atoms with E-state index in [2.05, 4.69) is 81.2 Å². The first-order valence-electron chi connectivity index (χ1n) is 12.6. The van der Waals surface area contributed by atoms with E-state index in [4.69, 9.17) is 9.98 Å². The van der Waals surface area contributed by atoms with Crippen LogP contribution in [-0.2, 0) is 0 Å². The summed E-state index contributed by atoms with van der Waals surface area (Å²) in [6, 6.07) is 17.4. The number of hydrogen-bond donors (Lipinski definition) is 0. The number of fused-ring (bicyclic) bond motifs is 1. The van der Waals surface area contributed by atoms with Crippen molar-refractivity contribution in [2.24, 2.45) is 9.98 Å². The standard InChI is InChI=1S/C28H38N3S2/c1-4-31(3,5-2)19-20-32-28-21-27(29-25-13-9-10-14-26(25)30-28)22-15-17-24(18-16-22)33-23-11-7-6-8-12-23/h9-10,13-18,23H,4-8,11-12,19-21H2,1-3H3/q+1. The normalized spacial score (nSPS) is 17.2. The minimum Gasteiger partial charge on any atom is -0.326 e. The van der Waals surface area contributed by atoms with Crippen LogP contribution >= 0.6 is 23.5 Å². The number of rotatable bonds is 8. The topological polar surface area (TPSA) is 24.7 Å². The van der Waals surface area contributed by atoms with E-state index in [0.717, 1.165) is 45.5 Å². The first kappa shape index (κ1) is 24.6. The summed E-state index contributed by atoms with van der Waals surface area (Å²) in [6.07, 6.45) is 7.72. The van der Waals surface area contributed by atoms with Crippen molar-refractivity contribution in [3.05, 3.63) is 54.1 Å². The third-order valence-electron chi connectivity index (χ3n) is 7.17. The first-order chi connectivity index (χ1) is 16.1. The summed E-state index contributed by atoms with van der Waals surface area (Å²) < 4.78 is 1.11. The predicted molar refractivity (Wildman–Crippen MR) is 148 cm³/mol. The molecular weight excluding hydrogens is 442 g/mol. The van der Waals surface area contributed by atoms with Gasteiger partial charge in [0.05, 0.1) is 48.8 Å². The van der Waals surface area contributed by atoms with E-state index in [0.29, 0.717) is 0 Å². The molecule has 1 heterocycles. The number of aliphatic imine (C=N–C) groups is 2. The van der Waals surface area contributed by atoms with Crippen molar-refractivity contribution in [3.8, 4) is 0 Å². The predicted octanol–water partition coefficient (Wildman–Crippen LogP) is 7.89. The zero-order chi connectivity index (χ0) is 23.1. The summed E-state index contributed by atoms with van der Waals surface area (Å²) in [6.45, 7) is 8.08. The average Bonchev–Trinajstić information content (AvgIpc) is 3.04. The fourth-order valence-corrected chi connectivity index (χ4v) is 6.85. The second kappa shape index (κ2) is 11.7. The molecule has 2 aromatic rings. The minimum atomic E-state index is 0.789. The Hall–Kier alpha value is -1.56. The van der Waals surface area contributed by atoms with Crippen LogP contribution in [0.4, 0.5) is 11.4 Å². The molecule has 2 aromatic carbocycles. The van der Waals surface area contributed by atoms with E-state index in [1.807, 2.05) is 11.8 Å². The highest BCUT2D eigenvalue weighted by atomic mass is 32.2. The molecule has 0 radical (unpaired) electrons. The van der Waals surface area contributed by atoms with Crippen LogP contribution in [0, 0.1) is 0 Å². The highest BCUT2D eigenvalue weighted by Gasteiger charge is 2.20. The van der Waals surface area contributed by atoms with Crippen molar-refractivity contribution < 1.29 is 4.48 Å². The van der Waals surface area contributed by atoms with Crippen molar-refractivity contribution >= 4 is 45.7 Å². The van der Waals surface area contributed by atoms with Crippen molar-refractivity contribution in [2.45, 2.75) is 62.5 Å². The third kappa shape index (κ3) is 6.74. The van der Waals surface area contributed by atoms with Crippen molar-refractivity contribution in [2.75, 3.05) is 32.4 Å². The quantitative estimate of drug-likeness (QED) is 0.359. The van der Waals surface area contributed by atoms with Gasteiger partial charge in [0.1, 0.15) is 0 Å². The summed E-state index contributed by atoms with van der Waals surface area (Å²) in [7, 11) is 2.35. The van der Waals surface area contributed by atoms with Gasteiger partial charge in [-0.2, -0.15) is 0 Å². The molecule has 0 saturated heterocycles. The van der Waals surface area contributed by atoms with Gasteiger partial charge in [0.15, 0.2) is 0 Å². The molecule has 176 valence electrons. The van der Waals surface area contributed by atoms with Gasteiger partial charge >= 0.3 is 0 Å². The number of benzene rings is 2. The van der Waals surface area contributed by atoms with Gasteiger partial charge in [-0.3, -0.25) is 4.99 Å². The maximum atomic E-state index is 5.07. The number of para-hydroxylation sites is 2. The maximum Gasteiger partial charge on any atom is 0.0896 e. The van der Waals surface area contributed by atoms with Gasteiger partial charge in [-0.15, -0.1) is 23.5 Å². The molecule has 5 heteroatoms. The SMILES string of the molecule is CC[N+](C)(CC)CCSC1=Nc2ccccc2N=C(c2ccc(SC3CCCCC3)cc2)C1. The molecule has 0 spiro atoms. The molecule has 0 atom stereocenters. The van der Waals surface area contributed by atoms with Gasteiger partial charge in [-0.1, -0.05) is 43.5 Å². The van der Waals surface area contributed by atoms with Crippen LogP contribution in [0.2, 0.25) is 0 Å². The van der Waals surface area contributed by atoms with E-state index in [9.17, 15) is 0 Å². The Kier molecular flexibility index (Phi) is 8.72. The monoisotopic (exact) mass is 480 g/mol. The first-order valence-corrected chi connectivity index (χ1v) is 14.4. The smallest absolute Gasteiger partial charge is 0.0896 e. The van der Waals surface area contributed by atoms with Crippen LogP contribution in [0.1, 0.15) is 57.9 Å². The molecule has 0 amide bonds. The molecule has 0 bridgehead atoms. The highest BCUT2D eigenvalue weighted by Crippen LogP contribution is 2.35. The molecule has 3 nitrogen and oxygen atoms in total. The van der Waals surface area contributed by atoms with Gasteiger partial charge in [0.25, 0.3) is 0 Å². The molecule has 4 rings (SSSR count). The van der Waals surface area contributed by atoms with E-state index in [1.54, 1.807) is 0 Å². The molecular formula is C28H38N3S2+. The molecule has 1 aliphatic heterocycles. The molecule has 0 N–H and O–H groups in total. The second-order valence-corrected chi connectivity index (χ2v) is 12.0. The van der Waals surface area contributed by atoms with Gasteiger partial charge in [-0.05, 0) is 56.5 Å². The lowest BCUT2D eigenvalue weighted by molar-refractivity contribution is -0.903. The minimum absolute atomic E-state index is 0.789. The van der Waals surface area contributed by atoms with E-state index in [-0.39, 0.29) is 0 Å². The Morgan fingerprint density at radius 1 is 0.879 bits per heavy atom. The molecule has 1 saturated carbocycles. The molecule has 0 aromatic heterocycles. The van der Waals surface area contributed by atoms with Gasteiger partial charge in [0.2, 0.25) is 0 Å². The zero-order valence-corrected chi connectivity index (χ0v) is 22.1. The summed E-state index contributed by atoms with van der Waals surface area (Å²) in [5, 5.41) is 1.97. The van der Waals surface area contributed by atoms with Gasteiger partial charge < -0.3 is 4.48 Å². The van der Waals surface area contributed by atoms with Gasteiger partial charge in [0, 0.05) is 22.3 Å². The van der Waals surface area contributed by atoms with Crippen molar-refractivity contribution in [1.82, 2.24) is 0 Å². The van der Waals surface area contributed by atoms with Crippen molar-refractivity contribution in [3.63, 3.8) is 0 Å². The van der Waals surface area contributed by atoms with Crippen LogP contribution in [0.15, 0.2) is 63.4 Å². The fraction of sp³-hybridized carbons (Fsp3) is 0.500. The Bertz CT molecular complexity index is 971. The third-order valence-corrected chi connectivity index (χ3v) is 9.47. The van der Waals surface area contributed by atoms with E-state index in [1.165, 1.54) is 60.7 Å². The van der Waals surface area contributed by atoms with Crippen LogP contribution in [0.5, 0.6) is 0 Å². The number of nitrogens with zero attached hydrogens (tertiary/aromatic N) is 3. The summed E-state index contributed by atoms with van der Waals surface area (Å²) in [5.74, 6) is 1.09. The maximum absolute atomic E-state index is 5.07. The number of hydrogen-bond acceptors (Lipinski definition) is 4. The Morgan fingerprint density at radius 3 is 2.21 bits per heavy atom. The lowest BCUT2D eigenvalue weighted by atomic mass is 10.0. The largest absolute Gasteiger partial charge is 0.326 e. The average molecular weight is 481 g/mol. The molecule has 1 aliphatic carbocycles. The summed E-state index contributed by atoms with van der Waals surface area (Å²) >= 11 is 3.97. The molecule has 33 heavy (non-hydrogen) atoms. The van der Waals surface area contributed by atoms with Crippen LogP contribution in [0.3, 0.4) is 0 Å². The Balaban J connectivity index is 1.49. The molecule has 1 fully saturated rings. The van der Waals surface area contributed by atoms with Crippen LogP contribution in [0.25, 0.3) is 0 Å². The summed E-state index contributed by atoms with van der Waals surface area (Å²) in [4.78, 5) is 11.5. The molecule has 2 aliphatic rings. The van der Waals surface area contributed by atoms with Gasteiger partial charge in [-0.25, -0.2) is 4.99 Å². The van der Waals surface area contributed by atoms with Crippen LogP contribution in [-0.4, -0.2) is 52.9 Å². The Morgan fingerprint density at radius 2 is 1.55 bits per heavy atom. The Labute approximate surface area is 208 Å². The molecule has 0 unspecified atom stereocenters. The van der Waals surface area contributed by atoms with E-state index >= 15 is 0 Å². The second-order valence-electron chi connectivity index (χ2n) is 9.46. The zero-order valence-electron chi connectivity index (χ0n) is 20.4. The van der Waals surface area contributed by atoms with Crippen molar-refractivity contribution in [1.29, 1.82) is 0 Å². The highest BCUT2D eigenvalue weighted by molar-refractivity contribution is 8.14. The number of thioether (sulfide) groups is 2. The van der Waals surface area contributed by atoms with E-state index < -0.39 is 0 Å². The lowest BCUT2D eigenvalue weighted by Gasteiger charge is -2.31. The van der Waals surface area contributed by atoms with Crippen LogP contribution < -0.4 is 0 Å². The fourth-order valence-electron chi connectivity index (χ4n) is 4.43. The lowest BCUT2D eigenvalue weighted by Crippen LogP contribution is -2.45. The number of quaternary nitrogens is 1.